The van der Waals surface area contributed by atoms with Crippen LogP contribution in [0.15, 0.2) is 0 Å². The third-order valence-electron chi connectivity index (χ3n) is 0.197. The predicted octanol–water partition coefficient (Wildman–Crippen LogP) is -5.46. The summed E-state index contributed by atoms with van der Waals surface area (Å²) in [5, 5.41) is 0. The van der Waals surface area contributed by atoms with Crippen LogP contribution < -0.4 is 57.5 Å². The molecule has 10 nitrogen and oxygen atoms in total. The van der Waals surface area contributed by atoms with Crippen LogP contribution in [0, 0.1) is 0 Å². The molecule has 78 valence electrons. The summed E-state index contributed by atoms with van der Waals surface area (Å²) in [5.74, 6) is 0. The molecule has 0 aliphatic carbocycles. The van der Waals surface area contributed by atoms with Crippen molar-refractivity contribution in [1.82, 2.24) is 6.15 Å². The van der Waals surface area contributed by atoms with Crippen molar-refractivity contribution in [2.75, 3.05) is 0 Å². The molecule has 0 amide bonds. The minimum absolute atomic E-state index is 0. The van der Waals surface area contributed by atoms with Crippen LogP contribution in [0.1, 0.15) is 0 Å². The quantitative estimate of drug-likeness (QED) is 0.165. The molecule has 0 rings (SSSR count). The van der Waals surface area contributed by atoms with Gasteiger partial charge in [0.2, 0.25) is 10.4 Å². The third-order valence-corrected chi connectivity index (χ3v) is 0.758. The molecule has 0 aromatic carbocycles. The third kappa shape index (κ3) is 24.7. The molecule has 0 heterocycles. The SMILES string of the molecule is N.O.O=S(=O)([O-])OOS(=O)(=O)O.[K+]. The van der Waals surface area contributed by atoms with Crippen molar-refractivity contribution in [3.8, 4) is 0 Å². The van der Waals surface area contributed by atoms with Crippen LogP contribution in [0.3, 0.4) is 0 Å². The molecule has 0 unspecified atom stereocenters. The number of hydrogen-bond donors (Lipinski definition) is 2. The fourth-order valence-corrected chi connectivity index (χ4v) is 0.622. The van der Waals surface area contributed by atoms with Gasteiger partial charge in [0, 0.05) is 0 Å². The van der Waals surface area contributed by atoms with Gasteiger partial charge in [-0.1, -0.05) is 8.67 Å². The largest absolute Gasteiger partial charge is 1.00 e. The van der Waals surface area contributed by atoms with Crippen LogP contribution in [0.25, 0.3) is 0 Å². The molecule has 0 aromatic heterocycles. The maximum absolute atomic E-state index is 9.48. The van der Waals surface area contributed by atoms with Gasteiger partial charge in [0.25, 0.3) is 0 Å². The Morgan fingerprint density at radius 2 is 1.38 bits per heavy atom. The van der Waals surface area contributed by atoms with Gasteiger partial charge in [-0.2, -0.15) is 8.42 Å². The van der Waals surface area contributed by atoms with E-state index in [4.69, 9.17) is 4.55 Å². The minimum atomic E-state index is -5.27. The molecular weight excluding hydrogens is 261 g/mol. The molecule has 0 atom stereocenters. The van der Waals surface area contributed by atoms with Crippen molar-refractivity contribution >= 4 is 20.8 Å². The van der Waals surface area contributed by atoms with Crippen LogP contribution in [0.2, 0.25) is 0 Å². The summed E-state index contributed by atoms with van der Waals surface area (Å²) in [4.78, 5) is 0. The Hall–Kier alpha value is 1.30. The van der Waals surface area contributed by atoms with Crippen LogP contribution in [0.4, 0.5) is 0 Å². The Morgan fingerprint density at radius 3 is 1.46 bits per heavy atom. The second-order valence-corrected chi connectivity index (χ2v) is 2.92. The maximum Gasteiger partial charge on any atom is 1.00 e. The molecule has 6 N–H and O–H groups in total. The molecule has 0 fully saturated rings. The van der Waals surface area contributed by atoms with E-state index in [-0.39, 0.29) is 63.0 Å². The summed E-state index contributed by atoms with van der Waals surface area (Å²) in [5.41, 5.74) is 0. The van der Waals surface area contributed by atoms with E-state index in [1.165, 1.54) is 0 Å². The smallest absolute Gasteiger partial charge is 0.724 e. The van der Waals surface area contributed by atoms with E-state index >= 15 is 0 Å². The predicted molar refractivity (Wildman–Crippen MR) is 32.1 cm³/mol. The standard InChI is InChI=1S/K.H3N.H2O8S2.H2O/c;;1-9(2,3)7-8-10(4,5)6;/h;1H3;(H,1,2,3)(H,4,5,6);1H2/q+1;;;/p-1. The van der Waals surface area contributed by atoms with E-state index < -0.39 is 20.8 Å². The molecule has 0 aromatic rings. The maximum atomic E-state index is 9.48. The van der Waals surface area contributed by atoms with Gasteiger partial charge in [-0.15, -0.1) is 0 Å². The summed E-state index contributed by atoms with van der Waals surface area (Å²) in [6.45, 7) is 0. The summed E-state index contributed by atoms with van der Waals surface area (Å²) < 4.78 is 60.2. The van der Waals surface area contributed by atoms with Crippen LogP contribution in [-0.4, -0.2) is 31.4 Å². The fourth-order valence-electron chi connectivity index (χ4n) is 0.0691. The first-order valence-corrected chi connectivity index (χ1v) is 4.21. The number of rotatable bonds is 3. The van der Waals surface area contributed by atoms with Gasteiger partial charge in [0.05, 0.1) is 0 Å². The van der Waals surface area contributed by atoms with Crippen molar-refractivity contribution in [3.63, 3.8) is 0 Å². The van der Waals surface area contributed by atoms with Crippen LogP contribution in [-0.2, 0) is 29.5 Å². The minimum Gasteiger partial charge on any atom is -0.724 e. The second-order valence-electron chi connectivity index (χ2n) is 0.972. The monoisotopic (exact) mass is 267 g/mol. The fraction of sp³-hybridized carbons (Fsp3) is 0. The van der Waals surface area contributed by atoms with Crippen molar-refractivity contribution < 1.29 is 91.5 Å². The Morgan fingerprint density at radius 1 is 1.08 bits per heavy atom. The number of hydrogen-bond acceptors (Lipinski definition) is 8. The average molecular weight is 267 g/mol. The van der Waals surface area contributed by atoms with Crippen molar-refractivity contribution in [2.24, 2.45) is 0 Å². The average Bonchev–Trinajstić information content (AvgIpc) is 1.57. The van der Waals surface area contributed by atoms with Gasteiger partial charge in [-0.3, -0.25) is 4.55 Å². The van der Waals surface area contributed by atoms with E-state index in [9.17, 15) is 21.4 Å². The summed E-state index contributed by atoms with van der Waals surface area (Å²) in [6.07, 6.45) is 0. The van der Waals surface area contributed by atoms with E-state index in [2.05, 4.69) is 8.67 Å². The molecule has 0 saturated carbocycles. The summed E-state index contributed by atoms with van der Waals surface area (Å²) >= 11 is 0. The van der Waals surface area contributed by atoms with E-state index in [0.717, 1.165) is 0 Å². The van der Waals surface area contributed by atoms with E-state index in [1.807, 2.05) is 0 Å². The van der Waals surface area contributed by atoms with Gasteiger partial charge in [0.1, 0.15) is 0 Å². The first kappa shape index (κ1) is 23.8. The van der Waals surface area contributed by atoms with Crippen LogP contribution in [0.5, 0.6) is 0 Å². The molecule has 0 radical (unpaired) electrons. The molecule has 13 heteroatoms. The molecule has 0 saturated heterocycles. The Labute approximate surface area is 117 Å². The Kier molecular flexibility index (Phi) is 15.8. The van der Waals surface area contributed by atoms with Gasteiger partial charge in [-0.25, -0.2) is 8.42 Å². The van der Waals surface area contributed by atoms with E-state index in [0.29, 0.717) is 0 Å². The molecular formula is H6KNO9S2. The van der Waals surface area contributed by atoms with Gasteiger partial charge in [0.15, 0.2) is 0 Å². The second kappa shape index (κ2) is 8.59. The zero-order chi connectivity index (χ0) is 8.41. The van der Waals surface area contributed by atoms with Crippen LogP contribution >= 0.6 is 0 Å². The van der Waals surface area contributed by atoms with Gasteiger partial charge < -0.3 is 16.2 Å². The molecule has 0 aliphatic rings. The van der Waals surface area contributed by atoms with Crippen molar-refractivity contribution in [1.29, 1.82) is 0 Å². The van der Waals surface area contributed by atoms with Crippen molar-refractivity contribution in [2.45, 2.75) is 0 Å². The van der Waals surface area contributed by atoms with E-state index in [1.54, 1.807) is 0 Å². The molecule has 0 bridgehead atoms. The summed E-state index contributed by atoms with van der Waals surface area (Å²) in [6, 6.07) is 0. The first-order valence-electron chi connectivity index (χ1n) is 1.52. The Bertz CT molecular complexity index is 254. The van der Waals surface area contributed by atoms with Gasteiger partial charge >= 0.3 is 61.8 Å². The summed E-state index contributed by atoms with van der Waals surface area (Å²) in [7, 11) is -10.3. The first-order chi connectivity index (χ1) is 4.21. The Balaban J connectivity index is -0.000000135. The zero-order valence-electron chi connectivity index (χ0n) is 6.33. The zero-order valence-corrected chi connectivity index (χ0v) is 11.1. The van der Waals surface area contributed by atoms with Crippen molar-refractivity contribution in [3.05, 3.63) is 0 Å². The van der Waals surface area contributed by atoms with Gasteiger partial charge in [-0.05, 0) is 0 Å². The normalized spacial score (nSPS) is 10.3. The molecule has 0 spiro atoms. The molecule has 0 aliphatic heterocycles. The topological polar surface area (TPSA) is 197 Å². The molecule has 13 heavy (non-hydrogen) atoms.